The van der Waals surface area contributed by atoms with Crippen molar-refractivity contribution in [3.63, 3.8) is 0 Å². The summed E-state index contributed by atoms with van der Waals surface area (Å²) in [6, 6.07) is 17.8. The van der Waals surface area contributed by atoms with Crippen LogP contribution in [0.5, 0.6) is 5.75 Å². The minimum atomic E-state index is -0.627. The number of ether oxygens (including phenoxy) is 1. The summed E-state index contributed by atoms with van der Waals surface area (Å²) in [6.07, 6.45) is 1.24. The lowest BCUT2D eigenvalue weighted by atomic mass is 10.2. The van der Waals surface area contributed by atoms with Crippen molar-refractivity contribution in [2.45, 2.75) is 6.54 Å². The highest BCUT2D eigenvalue weighted by atomic mass is 32.1. The minimum Gasteiger partial charge on any atom is -0.497 e. The molecule has 0 saturated heterocycles. The Balaban J connectivity index is 1.75. The molecule has 4 rings (SSSR count). The molecule has 1 amide bonds. The number of methoxy groups -OCH3 is 1. The molecule has 0 aliphatic rings. The van der Waals surface area contributed by atoms with E-state index in [9.17, 15) is 9.18 Å². The van der Waals surface area contributed by atoms with Crippen molar-refractivity contribution in [1.82, 2.24) is 9.97 Å². The van der Waals surface area contributed by atoms with E-state index in [0.717, 1.165) is 21.5 Å². The molecular weight excluding hydrogens is 377 g/mol. The normalized spacial score (nSPS) is 10.8. The number of thiazole rings is 1. The Morgan fingerprint density at radius 3 is 2.68 bits per heavy atom. The fourth-order valence-corrected chi connectivity index (χ4v) is 3.78. The quantitative estimate of drug-likeness (QED) is 0.462. The monoisotopic (exact) mass is 393 g/mol. The maximum Gasteiger partial charge on any atom is 0.261 e. The number of anilines is 1. The van der Waals surface area contributed by atoms with Gasteiger partial charge in [-0.2, -0.15) is 4.39 Å². The third-order valence-corrected chi connectivity index (χ3v) is 5.26. The Morgan fingerprint density at radius 2 is 1.96 bits per heavy atom. The first-order valence-electron chi connectivity index (χ1n) is 8.56. The molecule has 0 radical (unpaired) electrons. The summed E-state index contributed by atoms with van der Waals surface area (Å²) in [5, 5.41) is 0.557. The zero-order valence-electron chi connectivity index (χ0n) is 15.0. The molecule has 2 aromatic carbocycles. The van der Waals surface area contributed by atoms with Crippen molar-refractivity contribution < 1.29 is 13.9 Å². The number of hydrogen-bond donors (Lipinski definition) is 0. The smallest absolute Gasteiger partial charge is 0.261 e. The second-order valence-corrected chi connectivity index (χ2v) is 7.09. The lowest BCUT2D eigenvalue weighted by Gasteiger charge is -2.20. The Hall–Kier alpha value is -3.32. The van der Waals surface area contributed by atoms with Gasteiger partial charge < -0.3 is 4.74 Å². The number of nitrogens with zero attached hydrogens (tertiary/aromatic N) is 3. The topological polar surface area (TPSA) is 55.3 Å². The first-order valence-corrected chi connectivity index (χ1v) is 9.37. The number of amides is 1. The lowest BCUT2D eigenvalue weighted by Crippen LogP contribution is -2.30. The highest BCUT2D eigenvalue weighted by Crippen LogP contribution is 2.33. The number of carbonyl (C=O) groups excluding carboxylic acids is 1. The molecule has 5 nitrogen and oxygen atoms in total. The van der Waals surface area contributed by atoms with Gasteiger partial charge in [0, 0.05) is 6.20 Å². The number of benzene rings is 2. The predicted molar refractivity (Wildman–Crippen MR) is 107 cm³/mol. The van der Waals surface area contributed by atoms with Crippen LogP contribution in [0.1, 0.15) is 15.9 Å². The highest BCUT2D eigenvalue weighted by Gasteiger charge is 2.22. The van der Waals surface area contributed by atoms with Crippen molar-refractivity contribution in [2.75, 3.05) is 12.0 Å². The van der Waals surface area contributed by atoms with Gasteiger partial charge in [0.25, 0.3) is 5.91 Å². The molecule has 4 aromatic rings. The molecule has 0 atom stereocenters. The zero-order chi connectivity index (χ0) is 19.5. The predicted octanol–water partition coefficient (Wildman–Crippen LogP) is 4.69. The molecule has 0 fully saturated rings. The molecule has 0 saturated carbocycles. The van der Waals surface area contributed by atoms with E-state index in [4.69, 9.17) is 4.74 Å². The Bertz CT molecular complexity index is 1110. The van der Waals surface area contributed by atoms with Crippen molar-refractivity contribution >= 4 is 32.6 Å². The van der Waals surface area contributed by atoms with E-state index in [0.29, 0.717) is 17.2 Å². The highest BCUT2D eigenvalue weighted by molar-refractivity contribution is 7.22. The fraction of sp³-hybridized carbons (Fsp3) is 0.0952. The van der Waals surface area contributed by atoms with Crippen molar-refractivity contribution in [3.8, 4) is 5.75 Å². The van der Waals surface area contributed by atoms with Crippen LogP contribution in [-0.4, -0.2) is 23.0 Å². The van der Waals surface area contributed by atoms with Crippen LogP contribution in [0.4, 0.5) is 9.52 Å². The van der Waals surface area contributed by atoms with Gasteiger partial charge in [-0.05, 0) is 35.9 Å². The molecule has 0 spiro atoms. The van der Waals surface area contributed by atoms with E-state index >= 15 is 0 Å². The number of halogens is 1. The third kappa shape index (κ3) is 3.70. The van der Waals surface area contributed by atoms with Gasteiger partial charge in [-0.25, -0.2) is 9.97 Å². The van der Waals surface area contributed by atoms with Crippen LogP contribution in [0.15, 0.2) is 66.9 Å². The Labute approximate surface area is 165 Å². The molecule has 0 unspecified atom stereocenters. The number of carbonyl (C=O) groups is 1. The van der Waals surface area contributed by atoms with Gasteiger partial charge in [0.2, 0.25) is 5.95 Å². The maximum absolute atomic E-state index is 13.2. The Kier molecular flexibility index (Phi) is 4.99. The molecule has 0 aliphatic heterocycles. The van der Waals surface area contributed by atoms with E-state index in [-0.39, 0.29) is 5.91 Å². The van der Waals surface area contributed by atoms with E-state index in [2.05, 4.69) is 9.97 Å². The number of pyridine rings is 1. The van der Waals surface area contributed by atoms with E-state index in [1.54, 1.807) is 12.0 Å². The third-order valence-electron chi connectivity index (χ3n) is 4.22. The molecular formula is C21H16FN3O2S. The van der Waals surface area contributed by atoms with Gasteiger partial charge in [0.15, 0.2) is 5.13 Å². The van der Waals surface area contributed by atoms with Crippen molar-refractivity contribution in [1.29, 1.82) is 0 Å². The van der Waals surface area contributed by atoms with Crippen LogP contribution in [0.3, 0.4) is 0 Å². The zero-order valence-corrected chi connectivity index (χ0v) is 15.8. The summed E-state index contributed by atoms with van der Waals surface area (Å²) in [7, 11) is 1.61. The largest absolute Gasteiger partial charge is 0.497 e. The summed E-state index contributed by atoms with van der Waals surface area (Å²) in [5.41, 5.74) is 2.04. The average molecular weight is 393 g/mol. The molecule has 140 valence electrons. The van der Waals surface area contributed by atoms with Gasteiger partial charge in [0.05, 0.1) is 29.4 Å². The molecule has 0 bridgehead atoms. The van der Waals surface area contributed by atoms with Crippen LogP contribution < -0.4 is 9.64 Å². The lowest BCUT2D eigenvalue weighted by molar-refractivity contribution is 0.0984. The van der Waals surface area contributed by atoms with Gasteiger partial charge in [-0.15, -0.1) is 0 Å². The second-order valence-electron chi connectivity index (χ2n) is 6.08. The first-order chi connectivity index (χ1) is 13.6. The van der Waals surface area contributed by atoms with E-state index < -0.39 is 5.95 Å². The number of fused-ring (bicyclic) bond motifs is 1. The summed E-state index contributed by atoms with van der Waals surface area (Å²) >= 11 is 1.40. The van der Waals surface area contributed by atoms with Gasteiger partial charge in [-0.3, -0.25) is 9.69 Å². The summed E-state index contributed by atoms with van der Waals surface area (Å²) < 4.78 is 19.4. The van der Waals surface area contributed by atoms with Crippen molar-refractivity contribution in [2.24, 2.45) is 0 Å². The SMILES string of the molecule is COc1ccc2nc(N(Cc3ccccc3)C(=O)c3ccc(F)nc3)sc2c1. The fourth-order valence-electron chi connectivity index (χ4n) is 2.79. The first kappa shape index (κ1) is 18.1. The van der Waals surface area contributed by atoms with Crippen LogP contribution >= 0.6 is 11.3 Å². The van der Waals surface area contributed by atoms with Gasteiger partial charge in [0.1, 0.15) is 5.75 Å². The minimum absolute atomic E-state index is 0.289. The molecule has 28 heavy (non-hydrogen) atoms. The summed E-state index contributed by atoms with van der Waals surface area (Å²) in [6.45, 7) is 0.341. The molecule has 0 aliphatic carbocycles. The Morgan fingerprint density at radius 1 is 1.14 bits per heavy atom. The van der Waals surface area contributed by atoms with E-state index in [1.165, 1.54) is 29.7 Å². The second kappa shape index (κ2) is 7.74. The molecule has 2 heterocycles. The maximum atomic E-state index is 13.2. The van der Waals surface area contributed by atoms with Gasteiger partial charge in [-0.1, -0.05) is 41.7 Å². The molecule has 2 aromatic heterocycles. The van der Waals surface area contributed by atoms with Crippen LogP contribution in [0.25, 0.3) is 10.2 Å². The summed E-state index contributed by atoms with van der Waals surface area (Å²) in [4.78, 5) is 23.0. The van der Waals surface area contributed by atoms with Crippen LogP contribution in [-0.2, 0) is 6.54 Å². The van der Waals surface area contributed by atoms with Crippen molar-refractivity contribution in [3.05, 3.63) is 83.9 Å². The average Bonchev–Trinajstić information content (AvgIpc) is 3.15. The number of aromatic nitrogens is 2. The molecule has 0 N–H and O–H groups in total. The van der Waals surface area contributed by atoms with Gasteiger partial charge >= 0.3 is 0 Å². The van der Waals surface area contributed by atoms with E-state index in [1.807, 2.05) is 48.5 Å². The summed E-state index contributed by atoms with van der Waals surface area (Å²) in [5.74, 6) is -0.188. The number of rotatable bonds is 5. The number of hydrogen-bond acceptors (Lipinski definition) is 5. The van der Waals surface area contributed by atoms with Crippen LogP contribution in [0, 0.1) is 5.95 Å². The standard InChI is InChI=1S/C21H16FN3O2S/c1-27-16-8-9-17-18(11-16)28-21(24-17)25(13-14-5-3-2-4-6-14)20(26)15-7-10-19(22)23-12-15/h2-12H,13H2,1H3. The van der Waals surface area contributed by atoms with Crippen LogP contribution in [0.2, 0.25) is 0 Å². The molecule has 7 heteroatoms.